The Bertz CT molecular complexity index is 719. The molecule has 1 unspecified atom stereocenters. The summed E-state index contributed by atoms with van der Waals surface area (Å²) in [6, 6.07) is 15.5. The Morgan fingerprint density at radius 3 is 2.86 bits per heavy atom. The maximum atomic E-state index is 5.83. The second kappa shape index (κ2) is 4.85. The van der Waals surface area contributed by atoms with Gasteiger partial charge in [-0.25, -0.2) is 0 Å². The lowest BCUT2D eigenvalue weighted by Crippen LogP contribution is -2.31. The third kappa shape index (κ3) is 2.05. The van der Waals surface area contributed by atoms with Gasteiger partial charge in [0.25, 0.3) is 0 Å². The summed E-state index contributed by atoms with van der Waals surface area (Å²) in [5.41, 5.74) is 5.88. The van der Waals surface area contributed by atoms with E-state index in [0.29, 0.717) is 5.92 Å². The van der Waals surface area contributed by atoms with Crippen LogP contribution in [0.2, 0.25) is 0 Å². The van der Waals surface area contributed by atoms with Crippen molar-refractivity contribution in [2.75, 3.05) is 13.7 Å². The van der Waals surface area contributed by atoms with Crippen molar-refractivity contribution < 1.29 is 4.74 Å². The topological polar surface area (TPSA) is 12.5 Å². The third-order valence-corrected chi connectivity index (χ3v) is 5.48. The van der Waals surface area contributed by atoms with Crippen molar-refractivity contribution in [2.24, 2.45) is 0 Å². The summed E-state index contributed by atoms with van der Waals surface area (Å²) in [5.74, 6) is 1.55. The number of nitrogens with zero attached hydrogens (tertiary/aromatic N) is 1. The summed E-state index contributed by atoms with van der Waals surface area (Å²) in [6.07, 6.45) is 1.06. The average Bonchev–Trinajstić information content (AvgIpc) is 3.01. The zero-order valence-corrected chi connectivity index (χ0v) is 13.6. The molecule has 2 aliphatic rings. The third-order valence-electron chi connectivity index (χ3n) is 5.48. The molecule has 0 saturated heterocycles. The van der Waals surface area contributed by atoms with Crippen LogP contribution in [0.15, 0.2) is 42.5 Å². The van der Waals surface area contributed by atoms with Gasteiger partial charge in [-0.1, -0.05) is 36.4 Å². The summed E-state index contributed by atoms with van der Waals surface area (Å²) in [5, 5.41) is 0. The standard InChI is InChI=1S/C20H23NO/c1-20(2)18-11-14(8-9-15(18)12-21(20)3)10-16-13-22-19-7-5-4-6-17(16)19/h4-9,11,16H,10,12-13H2,1-3H3. The van der Waals surface area contributed by atoms with E-state index in [4.69, 9.17) is 4.74 Å². The van der Waals surface area contributed by atoms with E-state index in [-0.39, 0.29) is 5.54 Å². The molecule has 2 aromatic carbocycles. The Kier molecular flexibility index (Phi) is 3.05. The van der Waals surface area contributed by atoms with E-state index >= 15 is 0 Å². The van der Waals surface area contributed by atoms with Gasteiger partial charge >= 0.3 is 0 Å². The molecule has 0 N–H and O–H groups in total. The summed E-state index contributed by atoms with van der Waals surface area (Å²) in [6.45, 7) is 6.49. The molecule has 0 saturated carbocycles. The SMILES string of the molecule is CN1Cc2ccc(CC3COc4ccccc43)cc2C1(C)C. The molecule has 0 bridgehead atoms. The van der Waals surface area contributed by atoms with E-state index in [9.17, 15) is 0 Å². The van der Waals surface area contributed by atoms with E-state index in [2.05, 4.69) is 68.3 Å². The van der Waals surface area contributed by atoms with Crippen LogP contribution >= 0.6 is 0 Å². The van der Waals surface area contributed by atoms with Crippen molar-refractivity contribution in [1.29, 1.82) is 0 Å². The number of benzene rings is 2. The van der Waals surface area contributed by atoms with Gasteiger partial charge in [-0.3, -0.25) is 4.90 Å². The quantitative estimate of drug-likeness (QED) is 0.827. The Morgan fingerprint density at radius 1 is 1.18 bits per heavy atom. The first-order chi connectivity index (χ1) is 10.6. The number of rotatable bonds is 2. The molecule has 0 radical (unpaired) electrons. The highest BCUT2D eigenvalue weighted by atomic mass is 16.5. The van der Waals surface area contributed by atoms with Crippen LogP contribution in [0.4, 0.5) is 0 Å². The predicted molar refractivity (Wildman–Crippen MR) is 89.3 cm³/mol. The lowest BCUT2D eigenvalue weighted by atomic mass is 9.88. The lowest BCUT2D eigenvalue weighted by molar-refractivity contribution is 0.178. The van der Waals surface area contributed by atoms with Gasteiger partial charge in [-0.2, -0.15) is 0 Å². The summed E-state index contributed by atoms with van der Waals surface area (Å²) < 4.78 is 5.83. The minimum absolute atomic E-state index is 0.134. The van der Waals surface area contributed by atoms with Gasteiger partial charge < -0.3 is 4.74 Å². The van der Waals surface area contributed by atoms with E-state index in [0.717, 1.165) is 25.3 Å². The zero-order chi connectivity index (χ0) is 15.3. The first-order valence-corrected chi connectivity index (χ1v) is 8.11. The second-order valence-corrected chi connectivity index (χ2v) is 7.16. The summed E-state index contributed by atoms with van der Waals surface area (Å²) in [7, 11) is 2.21. The predicted octanol–water partition coefficient (Wildman–Crippen LogP) is 4.09. The molecular formula is C20H23NO. The number of ether oxygens (including phenoxy) is 1. The molecule has 0 amide bonds. The first-order valence-electron chi connectivity index (χ1n) is 8.11. The number of para-hydroxylation sites is 1. The fourth-order valence-corrected chi connectivity index (χ4v) is 3.80. The normalized spacial score (nSPS) is 22.2. The molecule has 1 atom stereocenters. The molecule has 2 heteroatoms. The highest BCUT2D eigenvalue weighted by Gasteiger charge is 2.35. The van der Waals surface area contributed by atoms with Crippen molar-refractivity contribution in [3.05, 3.63) is 64.7 Å². The van der Waals surface area contributed by atoms with Crippen LogP contribution in [0.1, 0.15) is 42.0 Å². The van der Waals surface area contributed by atoms with Gasteiger partial charge in [0.1, 0.15) is 5.75 Å². The molecule has 2 aromatic rings. The van der Waals surface area contributed by atoms with Gasteiger partial charge in [-0.05, 0) is 50.1 Å². The van der Waals surface area contributed by atoms with E-state index in [1.165, 1.54) is 22.3 Å². The Morgan fingerprint density at radius 2 is 2.00 bits per heavy atom. The summed E-state index contributed by atoms with van der Waals surface area (Å²) >= 11 is 0. The molecular weight excluding hydrogens is 270 g/mol. The molecule has 2 aliphatic heterocycles. The van der Waals surface area contributed by atoms with Gasteiger partial charge in [0, 0.05) is 23.6 Å². The van der Waals surface area contributed by atoms with Crippen molar-refractivity contribution in [2.45, 2.75) is 38.3 Å². The van der Waals surface area contributed by atoms with Crippen molar-refractivity contribution in [1.82, 2.24) is 4.90 Å². The molecule has 0 spiro atoms. The molecule has 0 fully saturated rings. The highest BCUT2D eigenvalue weighted by molar-refractivity contribution is 5.43. The van der Waals surface area contributed by atoms with Gasteiger partial charge in [-0.15, -0.1) is 0 Å². The Labute approximate surface area is 132 Å². The first kappa shape index (κ1) is 13.8. The van der Waals surface area contributed by atoms with Crippen LogP contribution in [0.25, 0.3) is 0 Å². The Hall–Kier alpha value is -1.80. The largest absolute Gasteiger partial charge is 0.493 e. The molecule has 4 rings (SSSR count). The fourth-order valence-electron chi connectivity index (χ4n) is 3.80. The van der Waals surface area contributed by atoms with Crippen molar-refractivity contribution in [3.63, 3.8) is 0 Å². The monoisotopic (exact) mass is 293 g/mol. The average molecular weight is 293 g/mol. The lowest BCUT2D eigenvalue weighted by Gasteiger charge is -2.28. The fraction of sp³-hybridized carbons (Fsp3) is 0.400. The smallest absolute Gasteiger partial charge is 0.122 e. The second-order valence-electron chi connectivity index (χ2n) is 7.16. The minimum atomic E-state index is 0.134. The molecule has 22 heavy (non-hydrogen) atoms. The van der Waals surface area contributed by atoms with Crippen LogP contribution in [0.5, 0.6) is 5.75 Å². The van der Waals surface area contributed by atoms with Crippen LogP contribution in [-0.4, -0.2) is 18.6 Å². The molecule has 0 aromatic heterocycles. The molecule has 2 heterocycles. The van der Waals surface area contributed by atoms with Gasteiger partial charge in [0.2, 0.25) is 0 Å². The molecule has 0 aliphatic carbocycles. The zero-order valence-electron chi connectivity index (χ0n) is 13.6. The number of hydrogen-bond acceptors (Lipinski definition) is 2. The summed E-state index contributed by atoms with van der Waals surface area (Å²) in [4.78, 5) is 2.43. The Balaban J connectivity index is 1.63. The maximum Gasteiger partial charge on any atom is 0.122 e. The van der Waals surface area contributed by atoms with Gasteiger partial charge in [0.15, 0.2) is 0 Å². The maximum absolute atomic E-state index is 5.83. The van der Waals surface area contributed by atoms with Crippen LogP contribution in [0.3, 0.4) is 0 Å². The number of fused-ring (bicyclic) bond motifs is 2. The van der Waals surface area contributed by atoms with Crippen molar-refractivity contribution in [3.8, 4) is 5.75 Å². The van der Waals surface area contributed by atoms with E-state index in [1.54, 1.807) is 0 Å². The number of hydrogen-bond donors (Lipinski definition) is 0. The van der Waals surface area contributed by atoms with E-state index < -0.39 is 0 Å². The van der Waals surface area contributed by atoms with E-state index in [1.807, 2.05) is 0 Å². The molecule has 114 valence electrons. The van der Waals surface area contributed by atoms with Crippen LogP contribution < -0.4 is 4.74 Å². The van der Waals surface area contributed by atoms with Crippen LogP contribution in [-0.2, 0) is 18.5 Å². The molecule has 2 nitrogen and oxygen atoms in total. The van der Waals surface area contributed by atoms with Gasteiger partial charge in [0.05, 0.1) is 6.61 Å². The van der Waals surface area contributed by atoms with Crippen molar-refractivity contribution >= 4 is 0 Å². The minimum Gasteiger partial charge on any atom is -0.493 e. The highest BCUT2D eigenvalue weighted by Crippen LogP contribution is 2.40. The van der Waals surface area contributed by atoms with Crippen LogP contribution in [0, 0.1) is 0 Å².